The Balaban J connectivity index is 0.000000264. The first kappa shape index (κ1) is 49.0. The van der Waals surface area contributed by atoms with Gasteiger partial charge in [0.2, 0.25) is 0 Å². The van der Waals surface area contributed by atoms with Crippen molar-refractivity contribution in [2.45, 2.75) is 89.9 Å². The number of hydrogen-bond donors (Lipinski definition) is 4. The van der Waals surface area contributed by atoms with Crippen LogP contribution in [0.3, 0.4) is 0 Å². The van der Waals surface area contributed by atoms with E-state index in [9.17, 15) is 49.0 Å². The molecular formula is C48H50CaF2N2O8. The first-order valence-electron chi connectivity index (χ1n) is 19.8. The molecule has 4 aromatic carbocycles. The number of aromatic nitrogens is 2. The number of rotatable bonds is 16. The van der Waals surface area contributed by atoms with Gasteiger partial charge in [-0.2, -0.15) is 0 Å². The van der Waals surface area contributed by atoms with Gasteiger partial charge >= 0.3 is 37.7 Å². The molecule has 0 amide bonds. The number of nitrogens with zero attached hydrogens (tertiary/aromatic N) is 2. The Bertz CT molecular complexity index is 2280. The number of benzene rings is 4. The SMILES string of the molecule is CC(C)n1c(/C=C/[C@H](O)C[C@H](O)CC(=O)[O-])c(-c2ccc(F)cc2)c2ccccc21.CC(C)n1c(/C=C/[C@H](O)C[C@H](O)CC(=O)[O-])c(-c2ccc(F)cc2)c2ccccc21.[Ca+2]. The van der Waals surface area contributed by atoms with Crippen LogP contribution in [0.4, 0.5) is 8.78 Å². The first-order valence-corrected chi connectivity index (χ1v) is 19.8. The number of fused-ring (bicyclic) bond motifs is 2. The Labute approximate surface area is 383 Å². The van der Waals surface area contributed by atoms with E-state index < -0.39 is 49.2 Å². The van der Waals surface area contributed by atoms with Gasteiger partial charge in [-0.25, -0.2) is 8.78 Å². The molecule has 4 N–H and O–H groups in total. The molecule has 0 bridgehead atoms. The molecule has 2 heterocycles. The summed E-state index contributed by atoms with van der Waals surface area (Å²) in [6.07, 6.45) is 0.899. The van der Waals surface area contributed by atoms with Crippen LogP contribution >= 0.6 is 0 Å². The van der Waals surface area contributed by atoms with E-state index in [0.29, 0.717) is 0 Å². The van der Waals surface area contributed by atoms with Crippen LogP contribution in [0.5, 0.6) is 0 Å². The maximum Gasteiger partial charge on any atom is 2.00 e. The van der Waals surface area contributed by atoms with Crippen LogP contribution in [-0.2, 0) is 9.59 Å². The average molecular weight is 861 g/mol. The number of hydrogen-bond acceptors (Lipinski definition) is 8. The van der Waals surface area contributed by atoms with Crippen LogP contribution in [0.15, 0.2) is 109 Å². The molecule has 6 aromatic rings. The van der Waals surface area contributed by atoms with Crippen molar-refractivity contribution in [1.82, 2.24) is 9.13 Å². The van der Waals surface area contributed by atoms with Crippen molar-refractivity contribution in [3.8, 4) is 22.3 Å². The van der Waals surface area contributed by atoms with Crippen molar-refractivity contribution in [3.63, 3.8) is 0 Å². The molecule has 13 heteroatoms. The van der Waals surface area contributed by atoms with E-state index in [-0.39, 0.29) is 74.3 Å². The summed E-state index contributed by atoms with van der Waals surface area (Å²) in [5.41, 5.74) is 7.22. The Morgan fingerprint density at radius 2 is 0.902 bits per heavy atom. The van der Waals surface area contributed by atoms with Crippen LogP contribution in [-0.4, -0.2) is 104 Å². The minimum atomic E-state index is -1.36. The van der Waals surface area contributed by atoms with E-state index in [1.54, 1.807) is 48.6 Å². The number of aliphatic hydroxyl groups is 4. The minimum Gasteiger partial charge on any atom is -0.550 e. The molecule has 4 atom stereocenters. The van der Waals surface area contributed by atoms with Gasteiger partial charge in [0.05, 0.1) is 24.4 Å². The third kappa shape index (κ3) is 12.7. The summed E-state index contributed by atoms with van der Waals surface area (Å²) in [6.45, 7) is 8.22. The average Bonchev–Trinajstić information content (AvgIpc) is 3.69. The largest absolute Gasteiger partial charge is 2.00 e. The molecule has 0 saturated heterocycles. The number of carboxylic acid groups (broad SMARTS) is 2. The third-order valence-corrected chi connectivity index (χ3v) is 9.98. The second-order valence-corrected chi connectivity index (χ2v) is 15.3. The fourth-order valence-corrected chi connectivity index (χ4v) is 7.52. The second-order valence-electron chi connectivity index (χ2n) is 15.3. The van der Waals surface area contributed by atoms with Gasteiger partial charge in [-0.05, 0) is 87.4 Å². The van der Waals surface area contributed by atoms with E-state index in [1.165, 1.54) is 24.3 Å². The number of carboxylic acids is 2. The molecule has 0 radical (unpaired) electrons. The number of para-hydroxylation sites is 2. The second kappa shape index (κ2) is 22.4. The molecule has 0 aliphatic rings. The maximum atomic E-state index is 13.5. The number of halogens is 2. The maximum absolute atomic E-state index is 13.5. The van der Waals surface area contributed by atoms with Crippen LogP contribution in [0.1, 0.15) is 76.8 Å². The zero-order valence-electron chi connectivity index (χ0n) is 34.6. The Kier molecular flexibility index (Phi) is 18.0. The van der Waals surface area contributed by atoms with Gasteiger partial charge in [0.25, 0.3) is 0 Å². The van der Waals surface area contributed by atoms with Gasteiger partial charge in [-0.1, -0.05) is 72.8 Å². The predicted molar refractivity (Wildman–Crippen MR) is 232 cm³/mol. The standard InChI is InChI=1S/2C24H26FNO4.Ca/c2*1-15(2)26-21-6-4-3-5-20(21)24(16-7-9-17(25)10-8-16)22(26)12-11-18(27)13-19(28)14-23(29)30;/h2*3-12,15,18-19,27-28H,13-14H2,1-2H3,(H,29,30);/q;;+2/p-2/b2*12-11+;/t2*18-,19-;/m00./s1. The summed E-state index contributed by atoms with van der Waals surface area (Å²) in [6, 6.07) is 28.6. The summed E-state index contributed by atoms with van der Waals surface area (Å²) in [5, 5.41) is 63.3. The van der Waals surface area contributed by atoms with Crippen molar-refractivity contribution < 1.29 is 49.0 Å². The number of carbonyl (C=O) groups excluding carboxylic acids is 2. The van der Waals surface area contributed by atoms with Gasteiger partial charge in [0.1, 0.15) is 11.6 Å². The Hall–Kier alpha value is -4.66. The number of aliphatic carboxylic acids is 2. The van der Waals surface area contributed by atoms with Crippen molar-refractivity contribution in [1.29, 1.82) is 0 Å². The molecule has 6 rings (SSSR count). The molecule has 0 spiro atoms. The molecule has 0 saturated carbocycles. The van der Waals surface area contributed by atoms with E-state index in [0.717, 1.165) is 55.4 Å². The van der Waals surface area contributed by atoms with E-state index in [2.05, 4.69) is 36.8 Å². The first-order chi connectivity index (χ1) is 28.5. The molecule has 10 nitrogen and oxygen atoms in total. The van der Waals surface area contributed by atoms with Gasteiger partial charge in [-0.3, -0.25) is 0 Å². The van der Waals surface area contributed by atoms with Crippen molar-refractivity contribution in [2.24, 2.45) is 0 Å². The topological polar surface area (TPSA) is 171 Å². The summed E-state index contributed by atoms with van der Waals surface area (Å²) in [7, 11) is 0. The Morgan fingerprint density at radius 1 is 0.574 bits per heavy atom. The smallest absolute Gasteiger partial charge is 0.550 e. The number of aliphatic hydroxyl groups excluding tert-OH is 4. The van der Waals surface area contributed by atoms with Crippen LogP contribution in [0, 0.1) is 11.6 Å². The molecule has 0 aliphatic carbocycles. The monoisotopic (exact) mass is 860 g/mol. The van der Waals surface area contributed by atoms with Crippen molar-refractivity contribution in [3.05, 3.63) is 132 Å². The van der Waals surface area contributed by atoms with Gasteiger partial charge in [0, 0.05) is 94.0 Å². The van der Waals surface area contributed by atoms with E-state index in [1.807, 2.05) is 48.5 Å². The van der Waals surface area contributed by atoms with E-state index in [4.69, 9.17) is 0 Å². The molecule has 61 heavy (non-hydrogen) atoms. The summed E-state index contributed by atoms with van der Waals surface area (Å²) in [4.78, 5) is 21.2. The predicted octanol–water partition coefficient (Wildman–Crippen LogP) is 6.21. The van der Waals surface area contributed by atoms with Gasteiger partial charge < -0.3 is 49.4 Å². The van der Waals surface area contributed by atoms with Gasteiger partial charge in [0.15, 0.2) is 0 Å². The molecule has 0 fully saturated rings. The van der Waals surface area contributed by atoms with Crippen LogP contribution < -0.4 is 10.2 Å². The minimum absolute atomic E-state index is 0. The fraction of sp³-hybridized carbons (Fsp3) is 0.292. The normalized spacial score (nSPS) is 13.7. The Morgan fingerprint density at radius 3 is 1.21 bits per heavy atom. The third-order valence-electron chi connectivity index (χ3n) is 9.98. The molecule has 316 valence electrons. The zero-order chi connectivity index (χ0) is 43.7. The van der Waals surface area contributed by atoms with Crippen LogP contribution in [0.2, 0.25) is 0 Å². The van der Waals surface area contributed by atoms with E-state index >= 15 is 0 Å². The molecule has 0 aliphatic heterocycles. The van der Waals surface area contributed by atoms with Crippen molar-refractivity contribution >= 4 is 83.6 Å². The summed E-state index contributed by atoms with van der Waals surface area (Å²) >= 11 is 0. The molecule has 2 aromatic heterocycles. The molecular weight excluding hydrogens is 811 g/mol. The number of carbonyl (C=O) groups is 2. The van der Waals surface area contributed by atoms with Crippen LogP contribution in [0.25, 0.3) is 56.2 Å². The summed E-state index contributed by atoms with van der Waals surface area (Å²) in [5.74, 6) is -3.36. The quantitative estimate of drug-likeness (QED) is 0.0834. The summed E-state index contributed by atoms with van der Waals surface area (Å²) < 4.78 is 31.3. The van der Waals surface area contributed by atoms with Gasteiger partial charge in [-0.15, -0.1) is 0 Å². The van der Waals surface area contributed by atoms with Crippen molar-refractivity contribution in [2.75, 3.05) is 0 Å². The fourth-order valence-electron chi connectivity index (χ4n) is 7.52. The zero-order valence-corrected chi connectivity index (χ0v) is 36.8. The molecule has 0 unspecified atom stereocenters.